The van der Waals surface area contributed by atoms with Gasteiger partial charge in [-0.15, -0.1) is 0 Å². The largest absolute Gasteiger partial charge is 0.497 e. The SMILES string of the molecule is C/C=C/C(O)c1c(OC)c(-c2ccc(OC)cc2)cn(C)c1=O. The van der Waals surface area contributed by atoms with Crippen LogP contribution in [0.4, 0.5) is 0 Å². The Bertz CT molecular complexity index is 760. The van der Waals surface area contributed by atoms with Crippen molar-refractivity contribution in [3.05, 3.63) is 58.5 Å². The Morgan fingerprint density at radius 3 is 2.35 bits per heavy atom. The monoisotopic (exact) mass is 315 g/mol. The maximum atomic E-state index is 12.4. The normalized spacial score (nSPS) is 12.4. The van der Waals surface area contributed by atoms with Crippen molar-refractivity contribution in [3.63, 3.8) is 0 Å². The minimum atomic E-state index is -1.02. The van der Waals surface area contributed by atoms with E-state index in [9.17, 15) is 9.90 Å². The Morgan fingerprint density at radius 2 is 1.83 bits per heavy atom. The molecule has 2 rings (SSSR count). The average molecular weight is 315 g/mol. The van der Waals surface area contributed by atoms with Crippen molar-refractivity contribution in [2.24, 2.45) is 7.05 Å². The van der Waals surface area contributed by atoms with Gasteiger partial charge < -0.3 is 19.1 Å². The number of nitrogens with zero attached hydrogens (tertiary/aromatic N) is 1. The lowest BCUT2D eigenvalue weighted by molar-refractivity contribution is 0.220. The topological polar surface area (TPSA) is 60.7 Å². The number of methoxy groups -OCH3 is 2. The molecule has 0 radical (unpaired) electrons. The van der Waals surface area contributed by atoms with Crippen molar-refractivity contribution in [1.82, 2.24) is 4.57 Å². The number of rotatable bonds is 5. The molecule has 0 spiro atoms. The van der Waals surface area contributed by atoms with E-state index in [0.29, 0.717) is 5.75 Å². The van der Waals surface area contributed by atoms with Crippen LogP contribution in [0.1, 0.15) is 18.6 Å². The molecule has 0 saturated carbocycles. The molecule has 0 aliphatic carbocycles. The molecular formula is C18H21NO4. The smallest absolute Gasteiger partial charge is 0.260 e. The van der Waals surface area contributed by atoms with Gasteiger partial charge in [0.05, 0.1) is 19.8 Å². The van der Waals surface area contributed by atoms with Crippen LogP contribution in [0.3, 0.4) is 0 Å². The van der Waals surface area contributed by atoms with Gasteiger partial charge in [0.25, 0.3) is 5.56 Å². The zero-order chi connectivity index (χ0) is 17.0. The van der Waals surface area contributed by atoms with Crippen molar-refractivity contribution < 1.29 is 14.6 Å². The van der Waals surface area contributed by atoms with E-state index >= 15 is 0 Å². The molecule has 23 heavy (non-hydrogen) atoms. The minimum absolute atomic E-state index is 0.224. The van der Waals surface area contributed by atoms with Gasteiger partial charge in [0, 0.05) is 18.8 Å². The van der Waals surface area contributed by atoms with Gasteiger partial charge >= 0.3 is 0 Å². The van der Waals surface area contributed by atoms with Crippen LogP contribution in [-0.2, 0) is 7.05 Å². The molecule has 1 aromatic carbocycles. The summed E-state index contributed by atoms with van der Waals surface area (Å²) in [5.74, 6) is 1.12. The second kappa shape index (κ2) is 7.15. The van der Waals surface area contributed by atoms with Crippen molar-refractivity contribution in [1.29, 1.82) is 0 Å². The van der Waals surface area contributed by atoms with Crippen LogP contribution in [-0.4, -0.2) is 23.9 Å². The predicted octanol–water partition coefficient (Wildman–Crippen LogP) is 2.68. The van der Waals surface area contributed by atoms with Gasteiger partial charge in [-0.05, 0) is 24.6 Å². The zero-order valence-corrected chi connectivity index (χ0v) is 13.7. The first-order valence-corrected chi connectivity index (χ1v) is 7.26. The standard InChI is InChI=1S/C18H21NO4/c1-5-6-15(20)16-17(23-4)14(11-19(2)18(16)21)12-7-9-13(22-3)10-8-12/h5-11,15,20H,1-4H3/b6-5+. The molecule has 1 N–H and O–H groups in total. The number of ether oxygens (including phenoxy) is 2. The molecule has 5 heteroatoms. The van der Waals surface area contributed by atoms with E-state index in [2.05, 4.69) is 0 Å². The fraction of sp³-hybridized carbons (Fsp3) is 0.278. The average Bonchev–Trinajstić information content (AvgIpc) is 2.57. The fourth-order valence-corrected chi connectivity index (χ4v) is 2.48. The number of aliphatic hydroxyl groups is 1. The first-order chi connectivity index (χ1) is 11.0. The first kappa shape index (κ1) is 16.8. The van der Waals surface area contributed by atoms with E-state index in [0.717, 1.165) is 16.9 Å². The van der Waals surface area contributed by atoms with Crippen LogP contribution in [0.2, 0.25) is 0 Å². The molecule has 0 bridgehead atoms. The van der Waals surface area contributed by atoms with Gasteiger partial charge in [-0.25, -0.2) is 0 Å². The molecule has 2 aromatic rings. The number of pyridine rings is 1. The van der Waals surface area contributed by atoms with Gasteiger partial charge in [0.15, 0.2) is 0 Å². The summed E-state index contributed by atoms with van der Waals surface area (Å²) in [5, 5.41) is 10.3. The summed E-state index contributed by atoms with van der Waals surface area (Å²) in [6.45, 7) is 1.79. The number of hydrogen-bond acceptors (Lipinski definition) is 4. The second-order valence-corrected chi connectivity index (χ2v) is 5.10. The van der Waals surface area contributed by atoms with E-state index in [-0.39, 0.29) is 11.1 Å². The van der Waals surface area contributed by atoms with E-state index in [1.54, 1.807) is 39.4 Å². The Labute approximate surface area is 135 Å². The number of aryl methyl sites for hydroxylation is 1. The minimum Gasteiger partial charge on any atom is -0.497 e. The number of benzene rings is 1. The summed E-state index contributed by atoms with van der Waals surface area (Å²) in [6, 6.07) is 7.43. The van der Waals surface area contributed by atoms with Crippen LogP contribution in [0, 0.1) is 0 Å². The number of aliphatic hydroxyl groups excluding tert-OH is 1. The maximum absolute atomic E-state index is 12.4. The van der Waals surface area contributed by atoms with E-state index in [4.69, 9.17) is 9.47 Å². The van der Waals surface area contributed by atoms with Crippen molar-refractivity contribution in [2.75, 3.05) is 14.2 Å². The highest BCUT2D eigenvalue weighted by atomic mass is 16.5. The molecule has 5 nitrogen and oxygen atoms in total. The van der Waals surface area contributed by atoms with Crippen LogP contribution in [0.25, 0.3) is 11.1 Å². The second-order valence-electron chi connectivity index (χ2n) is 5.10. The Morgan fingerprint density at radius 1 is 1.17 bits per heavy atom. The summed E-state index contributed by atoms with van der Waals surface area (Å²) in [4.78, 5) is 12.4. The first-order valence-electron chi connectivity index (χ1n) is 7.26. The van der Waals surface area contributed by atoms with E-state index in [1.165, 1.54) is 11.7 Å². The Kier molecular flexibility index (Phi) is 5.24. The third-order valence-electron chi connectivity index (χ3n) is 3.64. The van der Waals surface area contributed by atoms with Crippen molar-refractivity contribution >= 4 is 0 Å². The van der Waals surface area contributed by atoms with Gasteiger partial charge in [-0.3, -0.25) is 4.79 Å². The summed E-state index contributed by atoms with van der Waals surface area (Å²) < 4.78 is 12.1. The van der Waals surface area contributed by atoms with Gasteiger partial charge in [0.2, 0.25) is 0 Å². The highest BCUT2D eigenvalue weighted by molar-refractivity contribution is 5.72. The third kappa shape index (κ3) is 3.29. The van der Waals surface area contributed by atoms with Crippen LogP contribution in [0.5, 0.6) is 11.5 Å². The van der Waals surface area contributed by atoms with E-state index in [1.807, 2.05) is 24.3 Å². The van der Waals surface area contributed by atoms with Crippen molar-refractivity contribution in [3.8, 4) is 22.6 Å². The fourth-order valence-electron chi connectivity index (χ4n) is 2.48. The van der Waals surface area contributed by atoms with Gasteiger partial charge in [-0.1, -0.05) is 24.3 Å². The number of allylic oxidation sites excluding steroid dienone is 1. The lowest BCUT2D eigenvalue weighted by Gasteiger charge is -2.17. The van der Waals surface area contributed by atoms with Crippen molar-refractivity contribution in [2.45, 2.75) is 13.0 Å². The molecule has 1 aromatic heterocycles. The molecule has 1 atom stereocenters. The predicted molar refractivity (Wildman–Crippen MR) is 90.0 cm³/mol. The van der Waals surface area contributed by atoms with E-state index < -0.39 is 6.10 Å². The molecule has 122 valence electrons. The maximum Gasteiger partial charge on any atom is 0.260 e. The molecular weight excluding hydrogens is 294 g/mol. The molecule has 0 fully saturated rings. The quantitative estimate of drug-likeness (QED) is 0.862. The lowest BCUT2D eigenvalue weighted by Crippen LogP contribution is -2.24. The summed E-state index contributed by atoms with van der Waals surface area (Å²) in [7, 11) is 4.75. The zero-order valence-electron chi connectivity index (χ0n) is 13.7. The summed E-state index contributed by atoms with van der Waals surface area (Å²) in [6.07, 6.45) is 3.93. The Balaban J connectivity index is 2.70. The van der Waals surface area contributed by atoms with Gasteiger partial charge in [0.1, 0.15) is 17.6 Å². The summed E-state index contributed by atoms with van der Waals surface area (Å²) >= 11 is 0. The lowest BCUT2D eigenvalue weighted by atomic mass is 10.0. The molecule has 1 unspecified atom stereocenters. The molecule has 1 heterocycles. The van der Waals surface area contributed by atoms with Gasteiger partial charge in [-0.2, -0.15) is 0 Å². The molecule has 0 saturated heterocycles. The molecule has 0 aliphatic heterocycles. The highest BCUT2D eigenvalue weighted by Gasteiger charge is 2.21. The van der Waals surface area contributed by atoms with Crippen LogP contribution < -0.4 is 15.0 Å². The van der Waals surface area contributed by atoms with Crippen LogP contribution in [0.15, 0.2) is 47.4 Å². The van der Waals surface area contributed by atoms with Crippen LogP contribution >= 0.6 is 0 Å². The Hall–Kier alpha value is -2.53. The third-order valence-corrected chi connectivity index (χ3v) is 3.64. The number of hydrogen-bond donors (Lipinski definition) is 1. The summed E-state index contributed by atoms with van der Waals surface area (Å²) in [5.41, 5.74) is 1.54. The highest BCUT2D eigenvalue weighted by Crippen LogP contribution is 2.35. The number of aromatic nitrogens is 1. The molecule has 0 aliphatic rings. The molecule has 0 amide bonds.